The van der Waals surface area contributed by atoms with E-state index in [0.29, 0.717) is 60.6 Å². The fourth-order valence-corrected chi connectivity index (χ4v) is 3.71. The summed E-state index contributed by atoms with van der Waals surface area (Å²) in [5.74, 6) is 1.48. The predicted molar refractivity (Wildman–Crippen MR) is 122 cm³/mol. The van der Waals surface area contributed by atoms with Crippen LogP contribution in [0.3, 0.4) is 0 Å². The van der Waals surface area contributed by atoms with Crippen molar-refractivity contribution in [2.45, 2.75) is 6.54 Å². The van der Waals surface area contributed by atoms with Crippen LogP contribution in [0.15, 0.2) is 36.4 Å². The maximum Gasteiger partial charge on any atom is 0.253 e. The third kappa shape index (κ3) is 5.83. The van der Waals surface area contributed by atoms with Crippen LogP contribution in [0.2, 0.25) is 5.02 Å². The van der Waals surface area contributed by atoms with Crippen molar-refractivity contribution in [3.63, 3.8) is 0 Å². The minimum atomic E-state index is -0.0868. The normalized spacial score (nSPS) is 14.1. The number of carbonyl (C=O) groups is 2. The number of piperazine rings is 1. The third-order valence-corrected chi connectivity index (χ3v) is 5.58. The molecule has 0 radical (unpaired) electrons. The van der Waals surface area contributed by atoms with Crippen molar-refractivity contribution >= 4 is 23.4 Å². The molecule has 2 amide bonds. The molecular formula is C23H28ClN3O5. The van der Waals surface area contributed by atoms with Gasteiger partial charge in [-0.1, -0.05) is 11.6 Å². The molecule has 0 spiro atoms. The van der Waals surface area contributed by atoms with Crippen LogP contribution in [0, 0.1) is 0 Å². The van der Waals surface area contributed by atoms with Crippen LogP contribution < -0.4 is 19.5 Å². The van der Waals surface area contributed by atoms with Gasteiger partial charge < -0.3 is 24.4 Å². The first-order chi connectivity index (χ1) is 15.4. The summed E-state index contributed by atoms with van der Waals surface area (Å²) in [5.41, 5.74) is 1.46. The van der Waals surface area contributed by atoms with Gasteiger partial charge >= 0.3 is 0 Å². The Morgan fingerprint density at radius 3 is 2.06 bits per heavy atom. The lowest BCUT2D eigenvalue weighted by molar-refractivity contribution is -0.122. The number of halogens is 1. The number of benzene rings is 2. The SMILES string of the molecule is COc1cc(CNC(=O)CN2CCN(C(=O)c3ccc(Cl)cc3)CC2)cc(OC)c1OC. The van der Waals surface area contributed by atoms with E-state index in [-0.39, 0.29) is 18.4 Å². The average Bonchev–Trinajstić information content (AvgIpc) is 2.82. The van der Waals surface area contributed by atoms with E-state index in [4.69, 9.17) is 25.8 Å². The number of ether oxygens (including phenoxy) is 3. The minimum absolute atomic E-state index is 0.0202. The van der Waals surface area contributed by atoms with Gasteiger partial charge in [-0.25, -0.2) is 0 Å². The highest BCUT2D eigenvalue weighted by Crippen LogP contribution is 2.38. The van der Waals surface area contributed by atoms with Gasteiger partial charge in [0.2, 0.25) is 11.7 Å². The molecule has 2 aromatic rings. The zero-order chi connectivity index (χ0) is 23.1. The third-order valence-electron chi connectivity index (χ3n) is 5.33. The molecule has 1 fully saturated rings. The zero-order valence-electron chi connectivity index (χ0n) is 18.5. The zero-order valence-corrected chi connectivity index (χ0v) is 19.3. The van der Waals surface area contributed by atoms with Gasteiger partial charge in [0.15, 0.2) is 11.5 Å². The van der Waals surface area contributed by atoms with E-state index in [9.17, 15) is 9.59 Å². The standard InChI is InChI=1S/C23H28ClN3O5/c1-30-19-12-16(13-20(31-2)22(19)32-3)14-25-21(28)15-26-8-10-27(11-9-26)23(29)17-4-6-18(24)7-5-17/h4-7,12-13H,8-11,14-15H2,1-3H3,(H,25,28). The lowest BCUT2D eigenvalue weighted by atomic mass is 10.1. The molecule has 1 aliphatic heterocycles. The molecule has 0 atom stereocenters. The van der Waals surface area contributed by atoms with E-state index in [1.165, 1.54) is 0 Å². The van der Waals surface area contributed by atoms with Crippen LogP contribution in [0.25, 0.3) is 0 Å². The monoisotopic (exact) mass is 461 g/mol. The van der Waals surface area contributed by atoms with Gasteiger partial charge in [0.25, 0.3) is 5.91 Å². The second-order valence-corrected chi connectivity index (χ2v) is 7.82. The summed E-state index contributed by atoms with van der Waals surface area (Å²) in [4.78, 5) is 28.9. The van der Waals surface area contributed by atoms with Crippen LogP contribution in [-0.2, 0) is 11.3 Å². The fraction of sp³-hybridized carbons (Fsp3) is 0.391. The molecule has 1 aliphatic rings. The molecule has 2 aromatic carbocycles. The van der Waals surface area contributed by atoms with Gasteiger partial charge in [0.1, 0.15) is 0 Å². The summed E-state index contributed by atoms with van der Waals surface area (Å²) < 4.78 is 16.0. The van der Waals surface area contributed by atoms with Crippen LogP contribution in [0.4, 0.5) is 0 Å². The number of nitrogens with zero attached hydrogens (tertiary/aromatic N) is 2. The van der Waals surface area contributed by atoms with E-state index < -0.39 is 0 Å². The van der Waals surface area contributed by atoms with E-state index in [2.05, 4.69) is 5.32 Å². The van der Waals surface area contributed by atoms with Crippen LogP contribution in [0.5, 0.6) is 17.2 Å². The number of hydrogen-bond donors (Lipinski definition) is 1. The molecule has 0 bridgehead atoms. The molecule has 1 saturated heterocycles. The molecule has 32 heavy (non-hydrogen) atoms. The molecule has 3 rings (SSSR count). The summed E-state index contributed by atoms with van der Waals surface area (Å²) in [5, 5.41) is 3.53. The Morgan fingerprint density at radius 1 is 0.938 bits per heavy atom. The van der Waals surface area contributed by atoms with Crippen LogP contribution >= 0.6 is 11.6 Å². The Labute approximate surface area is 193 Å². The second kappa shape index (κ2) is 11.1. The lowest BCUT2D eigenvalue weighted by Crippen LogP contribution is -2.51. The Hall–Kier alpha value is -2.97. The molecule has 9 heteroatoms. The number of carbonyl (C=O) groups excluding carboxylic acids is 2. The highest BCUT2D eigenvalue weighted by atomic mass is 35.5. The van der Waals surface area contributed by atoms with Crippen molar-refractivity contribution in [1.29, 1.82) is 0 Å². The smallest absolute Gasteiger partial charge is 0.253 e. The summed E-state index contributed by atoms with van der Waals surface area (Å²) in [7, 11) is 4.65. The molecule has 0 saturated carbocycles. The summed E-state index contributed by atoms with van der Waals surface area (Å²) in [6.07, 6.45) is 0. The summed E-state index contributed by atoms with van der Waals surface area (Å²) >= 11 is 5.89. The number of amides is 2. The van der Waals surface area contributed by atoms with Crippen molar-refractivity contribution < 1.29 is 23.8 Å². The molecule has 0 aromatic heterocycles. The molecule has 8 nitrogen and oxygen atoms in total. The van der Waals surface area contributed by atoms with Crippen molar-refractivity contribution in [3.8, 4) is 17.2 Å². The van der Waals surface area contributed by atoms with E-state index in [1.807, 2.05) is 17.0 Å². The maximum atomic E-state index is 12.6. The molecule has 1 N–H and O–H groups in total. The first-order valence-corrected chi connectivity index (χ1v) is 10.7. The molecule has 0 unspecified atom stereocenters. The lowest BCUT2D eigenvalue weighted by Gasteiger charge is -2.34. The highest BCUT2D eigenvalue weighted by molar-refractivity contribution is 6.30. The largest absolute Gasteiger partial charge is 0.493 e. The molecule has 0 aliphatic carbocycles. The first-order valence-electron chi connectivity index (χ1n) is 10.3. The maximum absolute atomic E-state index is 12.6. The number of nitrogens with one attached hydrogen (secondary N) is 1. The van der Waals surface area contributed by atoms with E-state index in [0.717, 1.165) is 5.56 Å². The predicted octanol–water partition coefficient (Wildman–Crippen LogP) is 2.44. The van der Waals surface area contributed by atoms with Gasteiger partial charge in [-0.15, -0.1) is 0 Å². The van der Waals surface area contributed by atoms with E-state index >= 15 is 0 Å². The van der Waals surface area contributed by atoms with Crippen molar-refractivity contribution in [2.75, 3.05) is 54.1 Å². The van der Waals surface area contributed by atoms with Crippen molar-refractivity contribution in [1.82, 2.24) is 15.1 Å². The second-order valence-electron chi connectivity index (χ2n) is 7.39. The number of hydrogen-bond acceptors (Lipinski definition) is 6. The Morgan fingerprint density at radius 2 is 1.53 bits per heavy atom. The molecule has 172 valence electrons. The van der Waals surface area contributed by atoms with Gasteiger partial charge in [-0.3, -0.25) is 14.5 Å². The molecular weight excluding hydrogens is 434 g/mol. The number of methoxy groups -OCH3 is 3. The highest BCUT2D eigenvalue weighted by Gasteiger charge is 2.23. The minimum Gasteiger partial charge on any atom is -0.493 e. The van der Waals surface area contributed by atoms with Gasteiger partial charge in [0.05, 0.1) is 27.9 Å². The van der Waals surface area contributed by atoms with Gasteiger partial charge in [-0.05, 0) is 42.0 Å². The Bertz CT molecular complexity index is 918. The van der Waals surface area contributed by atoms with E-state index in [1.54, 1.807) is 50.5 Å². The first kappa shape index (κ1) is 23.7. The van der Waals surface area contributed by atoms with Crippen molar-refractivity contribution in [2.24, 2.45) is 0 Å². The van der Waals surface area contributed by atoms with Crippen molar-refractivity contribution in [3.05, 3.63) is 52.5 Å². The van der Waals surface area contributed by atoms with Crippen LogP contribution in [-0.4, -0.2) is 75.7 Å². The average molecular weight is 462 g/mol. The quantitative estimate of drug-likeness (QED) is 0.650. The molecule has 1 heterocycles. The number of rotatable bonds is 8. The fourth-order valence-electron chi connectivity index (χ4n) is 3.58. The Kier molecular flexibility index (Phi) is 8.19. The van der Waals surface area contributed by atoms with Crippen LogP contribution in [0.1, 0.15) is 15.9 Å². The van der Waals surface area contributed by atoms with Gasteiger partial charge in [0, 0.05) is 43.3 Å². The topological polar surface area (TPSA) is 80.3 Å². The van der Waals surface area contributed by atoms with Gasteiger partial charge in [-0.2, -0.15) is 0 Å². The summed E-state index contributed by atoms with van der Waals surface area (Å²) in [6.45, 7) is 3.02. The Balaban J connectivity index is 1.48. The summed E-state index contributed by atoms with van der Waals surface area (Å²) in [6, 6.07) is 10.5.